The molecule has 1 aromatic heterocycles. The molecule has 1 unspecified atom stereocenters. The summed E-state index contributed by atoms with van der Waals surface area (Å²) in [4.78, 5) is 0. The second-order valence-corrected chi connectivity index (χ2v) is 6.44. The summed E-state index contributed by atoms with van der Waals surface area (Å²) < 4.78 is 1.95. The maximum Gasteiger partial charge on any atom is 0.0849 e. The SMILES string of the molecule is CCc1nn(C)c(CC(C)(CC)CNC(C)C)c1Cl. The quantitative estimate of drug-likeness (QED) is 0.830. The molecular formula is C15H28ClN3. The van der Waals surface area contributed by atoms with E-state index in [0.717, 1.165) is 42.2 Å². The Bertz CT molecular complexity index is 412. The van der Waals surface area contributed by atoms with Crippen LogP contribution in [-0.4, -0.2) is 22.4 Å². The van der Waals surface area contributed by atoms with Crippen molar-refractivity contribution in [1.82, 2.24) is 15.1 Å². The van der Waals surface area contributed by atoms with Crippen molar-refractivity contribution < 1.29 is 0 Å². The van der Waals surface area contributed by atoms with Gasteiger partial charge in [0.1, 0.15) is 0 Å². The van der Waals surface area contributed by atoms with Crippen molar-refractivity contribution in [3.63, 3.8) is 0 Å². The molecule has 1 aromatic rings. The second kappa shape index (κ2) is 6.76. The maximum atomic E-state index is 6.45. The summed E-state index contributed by atoms with van der Waals surface area (Å²) in [6.45, 7) is 12.0. The minimum Gasteiger partial charge on any atom is -0.314 e. The summed E-state index contributed by atoms with van der Waals surface area (Å²) in [7, 11) is 1.99. The topological polar surface area (TPSA) is 29.9 Å². The highest BCUT2D eigenvalue weighted by molar-refractivity contribution is 6.31. The van der Waals surface area contributed by atoms with E-state index in [2.05, 4.69) is 45.0 Å². The largest absolute Gasteiger partial charge is 0.314 e. The van der Waals surface area contributed by atoms with Crippen LogP contribution < -0.4 is 5.32 Å². The summed E-state index contributed by atoms with van der Waals surface area (Å²) in [6, 6.07) is 0.513. The standard InChI is InChI=1S/C15H28ClN3/c1-7-12-14(16)13(19(6)18-12)9-15(5,8-2)10-17-11(3)4/h11,17H,7-10H2,1-6H3. The number of nitrogens with zero attached hydrogens (tertiary/aromatic N) is 2. The van der Waals surface area contributed by atoms with Gasteiger partial charge in [-0.15, -0.1) is 0 Å². The molecule has 1 N–H and O–H groups in total. The molecule has 1 atom stereocenters. The van der Waals surface area contributed by atoms with Gasteiger partial charge in [0.05, 0.1) is 16.4 Å². The molecule has 4 heteroatoms. The molecule has 0 aliphatic heterocycles. The molecular weight excluding hydrogens is 258 g/mol. The van der Waals surface area contributed by atoms with E-state index in [1.807, 2.05) is 11.7 Å². The molecule has 0 bridgehead atoms. The van der Waals surface area contributed by atoms with E-state index in [1.54, 1.807) is 0 Å². The Morgan fingerprint density at radius 1 is 1.37 bits per heavy atom. The average Bonchev–Trinajstić information content (AvgIpc) is 2.63. The van der Waals surface area contributed by atoms with Crippen molar-refractivity contribution >= 4 is 11.6 Å². The molecule has 0 saturated heterocycles. The molecule has 1 heterocycles. The first-order valence-corrected chi connectivity index (χ1v) is 7.64. The fourth-order valence-electron chi connectivity index (χ4n) is 2.18. The van der Waals surface area contributed by atoms with Gasteiger partial charge >= 0.3 is 0 Å². The lowest BCUT2D eigenvalue weighted by Gasteiger charge is -2.30. The highest BCUT2D eigenvalue weighted by Crippen LogP contribution is 2.31. The molecule has 0 aliphatic carbocycles. The average molecular weight is 286 g/mol. The fourth-order valence-corrected chi connectivity index (χ4v) is 2.54. The summed E-state index contributed by atoms with van der Waals surface area (Å²) in [5.41, 5.74) is 2.38. The third-order valence-electron chi connectivity index (χ3n) is 3.89. The Balaban J connectivity index is 2.88. The van der Waals surface area contributed by atoms with E-state index < -0.39 is 0 Å². The minimum atomic E-state index is 0.215. The van der Waals surface area contributed by atoms with Crippen LogP contribution in [0.5, 0.6) is 0 Å². The molecule has 1 rings (SSSR count). The third-order valence-corrected chi connectivity index (χ3v) is 4.32. The van der Waals surface area contributed by atoms with E-state index in [1.165, 1.54) is 0 Å². The highest BCUT2D eigenvalue weighted by Gasteiger charge is 2.26. The van der Waals surface area contributed by atoms with Crippen LogP contribution >= 0.6 is 11.6 Å². The van der Waals surface area contributed by atoms with Gasteiger partial charge in [0.2, 0.25) is 0 Å². The van der Waals surface area contributed by atoms with E-state index in [4.69, 9.17) is 11.6 Å². The molecule has 0 aliphatic rings. The molecule has 19 heavy (non-hydrogen) atoms. The Morgan fingerprint density at radius 2 is 2.00 bits per heavy atom. The highest BCUT2D eigenvalue weighted by atomic mass is 35.5. The zero-order chi connectivity index (χ0) is 14.6. The number of hydrogen-bond donors (Lipinski definition) is 1. The Kier molecular flexibility index (Phi) is 5.87. The van der Waals surface area contributed by atoms with Crippen LogP contribution in [-0.2, 0) is 19.9 Å². The van der Waals surface area contributed by atoms with Crippen LogP contribution in [0.3, 0.4) is 0 Å². The van der Waals surface area contributed by atoms with Crippen molar-refractivity contribution in [1.29, 1.82) is 0 Å². The van der Waals surface area contributed by atoms with Crippen molar-refractivity contribution in [2.24, 2.45) is 12.5 Å². The van der Waals surface area contributed by atoms with Gasteiger partial charge in [-0.1, -0.05) is 46.2 Å². The summed E-state index contributed by atoms with van der Waals surface area (Å²) >= 11 is 6.45. The Hall–Kier alpha value is -0.540. The number of hydrogen-bond acceptors (Lipinski definition) is 2. The minimum absolute atomic E-state index is 0.215. The second-order valence-electron chi connectivity index (χ2n) is 6.06. The predicted molar refractivity (Wildman–Crippen MR) is 82.8 cm³/mol. The fraction of sp³-hybridized carbons (Fsp3) is 0.800. The van der Waals surface area contributed by atoms with Crippen LogP contribution in [0.25, 0.3) is 0 Å². The van der Waals surface area contributed by atoms with Crippen molar-refractivity contribution in [2.75, 3.05) is 6.54 Å². The lowest BCUT2D eigenvalue weighted by atomic mass is 9.82. The van der Waals surface area contributed by atoms with Gasteiger partial charge in [-0.05, 0) is 24.7 Å². The molecule has 0 fully saturated rings. The van der Waals surface area contributed by atoms with E-state index in [0.29, 0.717) is 6.04 Å². The monoisotopic (exact) mass is 285 g/mol. The van der Waals surface area contributed by atoms with E-state index in [-0.39, 0.29) is 5.41 Å². The van der Waals surface area contributed by atoms with Gasteiger partial charge < -0.3 is 5.32 Å². The molecule has 0 aromatic carbocycles. The molecule has 0 amide bonds. The zero-order valence-electron chi connectivity index (χ0n) is 13.2. The summed E-state index contributed by atoms with van der Waals surface area (Å²) in [5, 5.41) is 8.91. The third kappa shape index (κ3) is 4.22. The molecule has 0 saturated carbocycles. The van der Waals surface area contributed by atoms with Gasteiger partial charge in [-0.2, -0.15) is 5.10 Å². The summed E-state index contributed by atoms with van der Waals surface area (Å²) in [6.07, 6.45) is 2.97. The normalized spacial score (nSPS) is 14.9. The number of halogens is 1. The molecule has 0 radical (unpaired) electrons. The van der Waals surface area contributed by atoms with Crippen molar-refractivity contribution in [3.8, 4) is 0 Å². The first-order valence-electron chi connectivity index (χ1n) is 7.26. The van der Waals surface area contributed by atoms with Gasteiger partial charge in [-0.3, -0.25) is 4.68 Å². The first-order chi connectivity index (χ1) is 8.83. The van der Waals surface area contributed by atoms with Crippen LogP contribution in [0.2, 0.25) is 5.02 Å². The molecule has 3 nitrogen and oxygen atoms in total. The van der Waals surface area contributed by atoms with Crippen LogP contribution in [0.15, 0.2) is 0 Å². The maximum absolute atomic E-state index is 6.45. The van der Waals surface area contributed by atoms with Gasteiger partial charge in [-0.25, -0.2) is 0 Å². The Labute approximate surface area is 122 Å². The van der Waals surface area contributed by atoms with Gasteiger partial charge in [0, 0.05) is 19.6 Å². The lowest BCUT2D eigenvalue weighted by Crippen LogP contribution is -2.37. The predicted octanol–water partition coefficient (Wildman–Crippen LogP) is 3.59. The zero-order valence-corrected chi connectivity index (χ0v) is 13.9. The van der Waals surface area contributed by atoms with Gasteiger partial charge in [0.25, 0.3) is 0 Å². The van der Waals surface area contributed by atoms with Crippen LogP contribution in [0.4, 0.5) is 0 Å². The van der Waals surface area contributed by atoms with Crippen molar-refractivity contribution in [2.45, 2.75) is 59.9 Å². The summed E-state index contributed by atoms with van der Waals surface area (Å²) in [5.74, 6) is 0. The molecule has 110 valence electrons. The number of aryl methyl sites for hydroxylation is 2. The smallest absolute Gasteiger partial charge is 0.0849 e. The number of aromatic nitrogens is 2. The van der Waals surface area contributed by atoms with Gasteiger partial charge in [0.15, 0.2) is 0 Å². The number of rotatable bonds is 7. The lowest BCUT2D eigenvalue weighted by molar-refractivity contribution is 0.275. The van der Waals surface area contributed by atoms with E-state index >= 15 is 0 Å². The number of nitrogens with one attached hydrogen (secondary N) is 1. The molecule has 0 spiro atoms. The van der Waals surface area contributed by atoms with E-state index in [9.17, 15) is 0 Å². The van der Waals surface area contributed by atoms with Crippen LogP contribution in [0.1, 0.15) is 52.4 Å². The Morgan fingerprint density at radius 3 is 2.42 bits per heavy atom. The van der Waals surface area contributed by atoms with Crippen LogP contribution in [0, 0.1) is 5.41 Å². The first kappa shape index (κ1) is 16.5. The van der Waals surface area contributed by atoms with Crippen molar-refractivity contribution in [3.05, 3.63) is 16.4 Å².